The Kier molecular flexibility index (Phi) is 9.09. The summed E-state index contributed by atoms with van der Waals surface area (Å²) in [7, 11) is 0. The van der Waals surface area contributed by atoms with Crippen molar-refractivity contribution in [3.63, 3.8) is 0 Å². The quantitative estimate of drug-likeness (QED) is 0.227. The van der Waals surface area contributed by atoms with Crippen LogP contribution >= 0.6 is 34.5 Å². The van der Waals surface area contributed by atoms with Crippen molar-refractivity contribution in [2.75, 3.05) is 37.6 Å². The molecule has 40 heavy (non-hydrogen) atoms. The third-order valence-corrected chi connectivity index (χ3v) is 8.38. The number of halogens is 2. The third-order valence-electron chi connectivity index (χ3n) is 6.98. The van der Waals surface area contributed by atoms with Gasteiger partial charge in [0.1, 0.15) is 10.7 Å². The number of carbonyl (C=O) groups is 2. The molecule has 4 aromatic rings. The van der Waals surface area contributed by atoms with E-state index in [4.69, 9.17) is 23.2 Å². The molecule has 2 amide bonds. The van der Waals surface area contributed by atoms with Gasteiger partial charge in [0.2, 0.25) is 0 Å². The number of aromatic nitrogens is 2. The first kappa shape index (κ1) is 28.2. The van der Waals surface area contributed by atoms with E-state index < -0.39 is 0 Å². The molecule has 10 heteroatoms. The summed E-state index contributed by atoms with van der Waals surface area (Å²) < 4.78 is 2.08. The van der Waals surface area contributed by atoms with Crippen molar-refractivity contribution in [2.45, 2.75) is 26.4 Å². The van der Waals surface area contributed by atoms with Crippen molar-refractivity contribution in [1.82, 2.24) is 19.4 Å². The van der Waals surface area contributed by atoms with Gasteiger partial charge in [0.25, 0.3) is 11.8 Å². The van der Waals surface area contributed by atoms with Gasteiger partial charge in [-0.25, -0.2) is 4.98 Å². The summed E-state index contributed by atoms with van der Waals surface area (Å²) >= 11 is 13.9. The summed E-state index contributed by atoms with van der Waals surface area (Å²) in [6.07, 6.45) is 2.82. The molecule has 0 radical (unpaired) electrons. The molecule has 5 rings (SSSR count). The molecule has 0 N–H and O–H groups in total. The Morgan fingerprint density at radius 3 is 2.55 bits per heavy atom. The zero-order valence-corrected chi connectivity index (χ0v) is 24.6. The van der Waals surface area contributed by atoms with Crippen molar-refractivity contribution in [3.8, 4) is 0 Å². The van der Waals surface area contributed by atoms with E-state index in [1.54, 1.807) is 12.1 Å². The Morgan fingerprint density at radius 1 is 1.00 bits per heavy atom. The second-order valence-electron chi connectivity index (χ2n) is 9.72. The zero-order chi connectivity index (χ0) is 28.1. The number of nitrogens with zero attached hydrogens (tertiary/aromatic N) is 5. The standard InChI is InChI=1S/C30H31Cl2N5O2S/c1-2-12-37(29(38)25-10-3-4-11-26(25)32)19-24-9-6-13-36(24)20-28-33-27(21-40-28)30(39)35-16-14-34(15-17-35)23-8-5-7-22(31)18-23/h3-11,13,18,21H,2,12,14-17,19-20H2,1H3. The van der Waals surface area contributed by atoms with E-state index in [9.17, 15) is 9.59 Å². The molecule has 2 aromatic carbocycles. The van der Waals surface area contributed by atoms with E-state index in [-0.39, 0.29) is 11.8 Å². The van der Waals surface area contributed by atoms with Crippen LogP contribution in [0.25, 0.3) is 0 Å². The zero-order valence-electron chi connectivity index (χ0n) is 22.3. The summed E-state index contributed by atoms with van der Waals surface area (Å²) in [6, 6.07) is 18.9. The van der Waals surface area contributed by atoms with Crippen molar-refractivity contribution in [2.24, 2.45) is 0 Å². The van der Waals surface area contributed by atoms with E-state index in [0.717, 1.165) is 35.9 Å². The van der Waals surface area contributed by atoms with Crippen LogP contribution in [0.1, 0.15) is 44.9 Å². The maximum absolute atomic E-state index is 13.3. The Bertz CT molecular complexity index is 1480. The summed E-state index contributed by atoms with van der Waals surface area (Å²) in [6.45, 7) is 6.42. The van der Waals surface area contributed by atoms with E-state index in [1.165, 1.54) is 11.3 Å². The molecule has 208 valence electrons. The van der Waals surface area contributed by atoms with Crippen LogP contribution in [0, 0.1) is 0 Å². The Balaban J connectivity index is 1.21. The Hall–Kier alpha value is -3.33. The summed E-state index contributed by atoms with van der Waals surface area (Å²) in [4.78, 5) is 37.1. The number of rotatable bonds is 9. The average Bonchev–Trinajstić information content (AvgIpc) is 3.62. The number of hydrogen-bond acceptors (Lipinski definition) is 5. The van der Waals surface area contributed by atoms with Gasteiger partial charge in [0.05, 0.1) is 23.7 Å². The maximum atomic E-state index is 13.3. The predicted octanol–water partition coefficient (Wildman–Crippen LogP) is 6.31. The lowest BCUT2D eigenvalue weighted by Gasteiger charge is -2.35. The maximum Gasteiger partial charge on any atom is 0.273 e. The van der Waals surface area contributed by atoms with Crippen LogP contribution in [0.15, 0.2) is 72.2 Å². The van der Waals surface area contributed by atoms with Gasteiger partial charge < -0.3 is 19.3 Å². The number of hydrogen-bond donors (Lipinski definition) is 0. The van der Waals surface area contributed by atoms with Gasteiger partial charge in [-0.05, 0) is 48.9 Å². The molecule has 0 saturated carbocycles. The fourth-order valence-electron chi connectivity index (χ4n) is 4.90. The van der Waals surface area contributed by atoms with Crippen LogP contribution in [0.3, 0.4) is 0 Å². The minimum Gasteiger partial charge on any atom is -0.368 e. The van der Waals surface area contributed by atoms with Crippen LogP contribution in [0.5, 0.6) is 0 Å². The van der Waals surface area contributed by atoms with Crippen molar-refractivity contribution < 1.29 is 9.59 Å². The van der Waals surface area contributed by atoms with E-state index in [0.29, 0.717) is 54.0 Å². The largest absolute Gasteiger partial charge is 0.368 e. The molecule has 3 heterocycles. The first-order valence-electron chi connectivity index (χ1n) is 13.3. The molecule has 1 aliphatic heterocycles. The molecule has 0 bridgehead atoms. The molecule has 0 spiro atoms. The highest BCUT2D eigenvalue weighted by Crippen LogP contribution is 2.23. The number of carbonyl (C=O) groups excluding carboxylic acids is 2. The Morgan fingerprint density at radius 2 is 1.80 bits per heavy atom. The minimum absolute atomic E-state index is 0.0413. The first-order chi connectivity index (χ1) is 19.4. The molecule has 7 nitrogen and oxygen atoms in total. The van der Waals surface area contributed by atoms with E-state index in [1.807, 2.05) is 69.9 Å². The highest BCUT2D eigenvalue weighted by molar-refractivity contribution is 7.09. The van der Waals surface area contributed by atoms with Gasteiger partial charge in [-0.2, -0.15) is 0 Å². The van der Waals surface area contributed by atoms with Gasteiger partial charge in [0, 0.05) is 60.7 Å². The average molecular weight is 597 g/mol. The van der Waals surface area contributed by atoms with Crippen LogP contribution in [0.2, 0.25) is 10.0 Å². The molecular weight excluding hydrogens is 565 g/mol. The van der Waals surface area contributed by atoms with E-state index >= 15 is 0 Å². The lowest BCUT2D eigenvalue weighted by atomic mass is 10.2. The second-order valence-corrected chi connectivity index (χ2v) is 11.5. The van der Waals surface area contributed by atoms with Gasteiger partial charge in [0.15, 0.2) is 0 Å². The fourth-order valence-corrected chi connectivity index (χ4v) is 6.07. The predicted molar refractivity (Wildman–Crippen MR) is 162 cm³/mol. The molecule has 1 fully saturated rings. The number of amides is 2. The third kappa shape index (κ3) is 6.52. The molecule has 0 unspecified atom stereocenters. The molecular formula is C30H31Cl2N5O2S. The summed E-state index contributed by atoms with van der Waals surface area (Å²) in [5.74, 6) is -0.127. The Labute approximate surface area is 248 Å². The van der Waals surface area contributed by atoms with Crippen molar-refractivity contribution in [1.29, 1.82) is 0 Å². The number of benzene rings is 2. The summed E-state index contributed by atoms with van der Waals surface area (Å²) in [5.41, 5.74) is 3.05. The normalized spacial score (nSPS) is 13.5. The van der Waals surface area contributed by atoms with Crippen LogP contribution < -0.4 is 4.90 Å². The van der Waals surface area contributed by atoms with Crippen molar-refractivity contribution >= 4 is 52.0 Å². The van der Waals surface area contributed by atoms with Crippen molar-refractivity contribution in [3.05, 3.63) is 104 Å². The molecule has 1 saturated heterocycles. The topological polar surface area (TPSA) is 61.7 Å². The number of thiazole rings is 1. The minimum atomic E-state index is -0.0854. The van der Waals surface area contributed by atoms with Crippen LogP contribution in [0.4, 0.5) is 5.69 Å². The molecule has 1 aliphatic rings. The SMILES string of the molecule is CCCN(Cc1cccn1Cc1nc(C(=O)N2CCN(c3cccc(Cl)c3)CC2)cs1)C(=O)c1ccccc1Cl. The van der Waals surface area contributed by atoms with Crippen LogP contribution in [-0.4, -0.2) is 63.9 Å². The highest BCUT2D eigenvalue weighted by Gasteiger charge is 2.25. The fraction of sp³-hybridized carbons (Fsp3) is 0.300. The molecule has 0 atom stereocenters. The summed E-state index contributed by atoms with van der Waals surface area (Å²) in [5, 5.41) is 3.85. The highest BCUT2D eigenvalue weighted by atomic mass is 35.5. The molecule has 2 aromatic heterocycles. The number of piperazine rings is 1. The smallest absolute Gasteiger partial charge is 0.273 e. The van der Waals surface area contributed by atoms with Gasteiger partial charge in [-0.1, -0.05) is 48.3 Å². The first-order valence-corrected chi connectivity index (χ1v) is 15.0. The second kappa shape index (κ2) is 12.9. The number of anilines is 1. The van der Waals surface area contributed by atoms with Crippen LogP contribution in [-0.2, 0) is 13.1 Å². The van der Waals surface area contributed by atoms with Gasteiger partial charge in [-0.3, -0.25) is 9.59 Å². The lowest BCUT2D eigenvalue weighted by molar-refractivity contribution is 0.0732. The van der Waals surface area contributed by atoms with E-state index in [2.05, 4.69) is 21.4 Å². The van der Waals surface area contributed by atoms with Gasteiger partial charge in [-0.15, -0.1) is 11.3 Å². The molecule has 0 aliphatic carbocycles. The van der Waals surface area contributed by atoms with Gasteiger partial charge >= 0.3 is 0 Å². The lowest BCUT2D eigenvalue weighted by Crippen LogP contribution is -2.48. The monoisotopic (exact) mass is 595 g/mol.